The number of halogens is 1. The molecule has 1 N–H and O–H groups in total. The van der Waals surface area contributed by atoms with Gasteiger partial charge in [-0.05, 0) is 29.8 Å². The summed E-state index contributed by atoms with van der Waals surface area (Å²) >= 11 is 7.63. The minimum atomic E-state index is -0.387. The molecule has 0 spiro atoms. The van der Waals surface area contributed by atoms with E-state index < -0.39 is 0 Å². The molecule has 0 fully saturated rings. The normalized spacial score (nSPS) is 11.7. The number of aromatic nitrogens is 1. The van der Waals surface area contributed by atoms with Gasteiger partial charge in [-0.25, -0.2) is 9.78 Å². The van der Waals surface area contributed by atoms with Crippen LogP contribution in [-0.2, 0) is 6.54 Å². The molecule has 2 aromatic carbocycles. The van der Waals surface area contributed by atoms with Gasteiger partial charge >= 0.3 is 5.63 Å². The van der Waals surface area contributed by atoms with Gasteiger partial charge in [0.05, 0.1) is 15.3 Å². The Kier molecular flexibility index (Phi) is 4.53. The van der Waals surface area contributed by atoms with Crippen molar-refractivity contribution in [3.05, 3.63) is 63.5 Å². The number of rotatable bonds is 4. The van der Waals surface area contributed by atoms with Crippen LogP contribution in [-0.4, -0.2) is 11.0 Å². The van der Waals surface area contributed by atoms with Crippen molar-refractivity contribution >= 4 is 44.1 Å². The summed E-state index contributed by atoms with van der Waals surface area (Å²) < 4.78 is 6.52. The molecule has 4 rings (SSSR count). The van der Waals surface area contributed by atoms with E-state index >= 15 is 0 Å². The number of hydrogen-bond donors (Lipinski definition) is 1. The van der Waals surface area contributed by atoms with Gasteiger partial charge in [0.2, 0.25) is 0 Å². The fourth-order valence-electron chi connectivity index (χ4n) is 2.77. The summed E-state index contributed by atoms with van der Waals surface area (Å²) in [5, 5.41) is 5.43. The van der Waals surface area contributed by atoms with Crippen molar-refractivity contribution in [2.45, 2.75) is 26.4 Å². The monoisotopic (exact) mass is 384 g/mol. The molecule has 0 amide bonds. The van der Waals surface area contributed by atoms with E-state index in [1.54, 1.807) is 6.07 Å². The number of thiazole rings is 1. The molecule has 0 atom stereocenters. The average molecular weight is 385 g/mol. The van der Waals surface area contributed by atoms with Crippen molar-refractivity contribution in [2.75, 3.05) is 0 Å². The minimum absolute atomic E-state index is 0.387. The van der Waals surface area contributed by atoms with Gasteiger partial charge in [-0.3, -0.25) is 0 Å². The van der Waals surface area contributed by atoms with Crippen LogP contribution < -0.4 is 10.9 Å². The van der Waals surface area contributed by atoms with E-state index in [0.29, 0.717) is 32.7 Å². The summed E-state index contributed by atoms with van der Waals surface area (Å²) in [5.74, 6) is 0. The molecule has 4 aromatic rings. The summed E-state index contributed by atoms with van der Waals surface area (Å²) in [6.45, 7) is 4.92. The first-order chi connectivity index (χ1) is 12.5. The van der Waals surface area contributed by atoms with Gasteiger partial charge in [-0.2, -0.15) is 0 Å². The smallest absolute Gasteiger partial charge is 0.346 e. The molecule has 0 radical (unpaired) electrons. The number of para-hydroxylation sites is 1. The Balaban J connectivity index is 1.78. The predicted molar refractivity (Wildman–Crippen MR) is 108 cm³/mol. The standard InChI is InChI=1S/C20H17ClN2O2S/c1-11(2)22-10-12-6-7-13-9-14(20(24)25-16(13)8-12)19-23-18-15(21)4-3-5-17(18)26-19/h3-9,11,22H,10H2,1-2H3. The lowest BCUT2D eigenvalue weighted by Gasteiger charge is -2.08. The maximum absolute atomic E-state index is 12.5. The van der Waals surface area contributed by atoms with Gasteiger partial charge in [0, 0.05) is 18.0 Å². The largest absolute Gasteiger partial charge is 0.422 e. The molecule has 2 aromatic heterocycles. The van der Waals surface area contributed by atoms with Crippen LogP contribution in [0.1, 0.15) is 19.4 Å². The molecule has 0 saturated heterocycles. The molecule has 2 heterocycles. The van der Waals surface area contributed by atoms with Crippen molar-refractivity contribution in [1.82, 2.24) is 10.3 Å². The van der Waals surface area contributed by atoms with Crippen molar-refractivity contribution < 1.29 is 4.42 Å². The van der Waals surface area contributed by atoms with E-state index in [0.717, 1.165) is 22.2 Å². The highest BCUT2D eigenvalue weighted by atomic mass is 35.5. The molecule has 132 valence electrons. The van der Waals surface area contributed by atoms with Gasteiger partial charge in [-0.1, -0.05) is 43.6 Å². The first-order valence-electron chi connectivity index (χ1n) is 8.37. The number of hydrogen-bond acceptors (Lipinski definition) is 5. The Morgan fingerprint density at radius 1 is 1.23 bits per heavy atom. The summed E-state index contributed by atoms with van der Waals surface area (Å²) in [6.07, 6.45) is 0. The van der Waals surface area contributed by atoms with Crippen LogP contribution in [0, 0.1) is 0 Å². The lowest BCUT2D eigenvalue weighted by molar-refractivity contribution is 0.560. The van der Waals surface area contributed by atoms with Gasteiger partial charge in [0.1, 0.15) is 16.1 Å². The molecule has 0 unspecified atom stereocenters. The third-order valence-electron chi connectivity index (χ3n) is 4.11. The van der Waals surface area contributed by atoms with Crippen molar-refractivity contribution in [3.63, 3.8) is 0 Å². The molecule has 0 aliphatic heterocycles. The number of nitrogens with zero attached hydrogens (tertiary/aromatic N) is 1. The molecular weight excluding hydrogens is 368 g/mol. The van der Waals surface area contributed by atoms with Gasteiger partial charge in [-0.15, -0.1) is 11.3 Å². The second-order valence-electron chi connectivity index (χ2n) is 6.46. The second kappa shape index (κ2) is 6.83. The molecule has 4 nitrogen and oxygen atoms in total. The lowest BCUT2D eigenvalue weighted by Crippen LogP contribution is -2.21. The predicted octanol–water partition coefficient (Wildman–Crippen LogP) is 5.22. The van der Waals surface area contributed by atoms with E-state index in [1.807, 2.05) is 36.4 Å². The van der Waals surface area contributed by atoms with Crippen LogP contribution in [0.3, 0.4) is 0 Å². The Hall–Kier alpha value is -2.21. The van der Waals surface area contributed by atoms with Gasteiger partial charge in [0.25, 0.3) is 0 Å². The SMILES string of the molecule is CC(C)NCc1ccc2cc(-c3nc4c(Cl)cccc4s3)c(=O)oc2c1. The Morgan fingerprint density at radius 2 is 2.08 bits per heavy atom. The molecule has 26 heavy (non-hydrogen) atoms. The summed E-state index contributed by atoms with van der Waals surface area (Å²) in [6, 6.07) is 13.8. The fourth-order valence-corrected chi connectivity index (χ4v) is 4.04. The van der Waals surface area contributed by atoms with Crippen LogP contribution in [0.4, 0.5) is 0 Å². The number of nitrogens with one attached hydrogen (secondary N) is 1. The number of fused-ring (bicyclic) bond motifs is 2. The molecule has 0 aliphatic rings. The topological polar surface area (TPSA) is 55.1 Å². The first-order valence-corrected chi connectivity index (χ1v) is 9.56. The van der Waals surface area contributed by atoms with Crippen molar-refractivity contribution in [3.8, 4) is 10.6 Å². The van der Waals surface area contributed by atoms with Crippen molar-refractivity contribution in [1.29, 1.82) is 0 Å². The van der Waals surface area contributed by atoms with Crippen LogP contribution in [0.25, 0.3) is 31.8 Å². The van der Waals surface area contributed by atoms with Crippen molar-refractivity contribution in [2.24, 2.45) is 0 Å². The zero-order chi connectivity index (χ0) is 18.3. The molecule has 6 heteroatoms. The van der Waals surface area contributed by atoms with E-state index in [9.17, 15) is 4.79 Å². The Bertz CT molecular complexity index is 1160. The minimum Gasteiger partial charge on any atom is -0.422 e. The molecule has 0 bridgehead atoms. The quantitative estimate of drug-likeness (QED) is 0.490. The maximum Gasteiger partial charge on any atom is 0.346 e. The van der Waals surface area contributed by atoms with Crippen LogP contribution >= 0.6 is 22.9 Å². The fraction of sp³-hybridized carbons (Fsp3) is 0.200. The molecule has 0 aliphatic carbocycles. The van der Waals surface area contributed by atoms with Gasteiger partial charge < -0.3 is 9.73 Å². The zero-order valence-corrected chi connectivity index (χ0v) is 15.9. The van der Waals surface area contributed by atoms with E-state index in [1.165, 1.54) is 11.3 Å². The third kappa shape index (κ3) is 3.26. The van der Waals surface area contributed by atoms with E-state index in [2.05, 4.69) is 24.1 Å². The van der Waals surface area contributed by atoms with Crippen LogP contribution in [0.2, 0.25) is 5.02 Å². The highest BCUT2D eigenvalue weighted by Gasteiger charge is 2.14. The Labute approximate surface area is 159 Å². The first kappa shape index (κ1) is 17.2. The summed E-state index contributed by atoms with van der Waals surface area (Å²) in [5.41, 5.74) is 2.45. The second-order valence-corrected chi connectivity index (χ2v) is 7.90. The third-order valence-corrected chi connectivity index (χ3v) is 5.47. The molecule has 0 saturated carbocycles. The van der Waals surface area contributed by atoms with Crippen LogP contribution in [0.5, 0.6) is 0 Å². The Morgan fingerprint density at radius 3 is 2.85 bits per heavy atom. The highest BCUT2D eigenvalue weighted by molar-refractivity contribution is 7.21. The van der Waals surface area contributed by atoms with Gasteiger partial charge in [0.15, 0.2) is 0 Å². The van der Waals surface area contributed by atoms with Crippen LogP contribution in [0.15, 0.2) is 51.7 Å². The van der Waals surface area contributed by atoms with E-state index in [-0.39, 0.29) is 5.63 Å². The average Bonchev–Trinajstić information content (AvgIpc) is 3.04. The van der Waals surface area contributed by atoms with E-state index in [4.69, 9.17) is 16.0 Å². The maximum atomic E-state index is 12.5. The highest BCUT2D eigenvalue weighted by Crippen LogP contribution is 2.33. The zero-order valence-electron chi connectivity index (χ0n) is 14.4. The summed E-state index contributed by atoms with van der Waals surface area (Å²) in [7, 11) is 0. The molecular formula is C20H17ClN2O2S. The summed E-state index contributed by atoms with van der Waals surface area (Å²) in [4.78, 5) is 17.1. The number of benzene rings is 2. The lowest BCUT2D eigenvalue weighted by atomic mass is 10.1.